The van der Waals surface area contributed by atoms with Crippen molar-refractivity contribution < 1.29 is 18.1 Å². The van der Waals surface area contributed by atoms with Crippen LogP contribution in [0.2, 0.25) is 5.02 Å². The highest BCUT2D eigenvalue weighted by Gasteiger charge is 2.34. The number of fused-ring (bicyclic) bond motifs is 3. The van der Waals surface area contributed by atoms with Crippen molar-refractivity contribution in [3.63, 3.8) is 0 Å². The summed E-state index contributed by atoms with van der Waals surface area (Å²) in [7, 11) is -0.682. The average Bonchev–Trinajstić information content (AvgIpc) is 3.56. The van der Waals surface area contributed by atoms with Crippen molar-refractivity contribution in [1.82, 2.24) is 14.4 Å². The van der Waals surface area contributed by atoms with Gasteiger partial charge in [0.15, 0.2) is 0 Å². The van der Waals surface area contributed by atoms with E-state index in [2.05, 4.69) is 32.2 Å². The van der Waals surface area contributed by atoms with Crippen LogP contribution >= 0.6 is 11.6 Å². The molecule has 1 aromatic heterocycles. The number of nitrogens with one attached hydrogen (secondary N) is 2. The number of aromatic nitrogens is 1. The van der Waals surface area contributed by atoms with Gasteiger partial charge >= 0.3 is 5.69 Å². The second-order valence-electron chi connectivity index (χ2n) is 14.6. The summed E-state index contributed by atoms with van der Waals surface area (Å²) in [5.74, 6) is -0.812. The van der Waals surface area contributed by atoms with E-state index >= 15 is 0 Å². The minimum absolute atomic E-state index is 0.0208. The highest BCUT2D eigenvalue weighted by molar-refractivity contribution is 7.89. The number of rotatable bonds is 15. The molecule has 5 aromatic carbocycles. The number of anilines is 2. The normalized spacial score (nSPS) is 13.7. The number of benzene rings is 5. The van der Waals surface area contributed by atoms with Crippen molar-refractivity contribution in [1.29, 1.82) is 0 Å². The van der Waals surface area contributed by atoms with E-state index in [4.69, 9.17) is 16.7 Å². The monoisotopic (exact) mass is 805 g/mol. The molecule has 1 atom stereocenters. The predicted octanol–water partition coefficient (Wildman–Crippen LogP) is 7.61. The molecule has 0 spiro atoms. The molecule has 0 radical (unpaired) electrons. The summed E-state index contributed by atoms with van der Waals surface area (Å²) in [6.45, 7) is 3.98. The van der Waals surface area contributed by atoms with Crippen LogP contribution in [0.25, 0.3) is 22.0 Å². The molecule has 12 nitrogen and oxygen atoms in total. The van der Waals surface area contributed by atoms with E-state index < -0.39 is 36.9 Å². The number of sulfonamides is 1. The third-order valence-electron chi connectivity index (χ3n) is 10.3. The van der Waals surface area contributed by atoms with Crippen molar-refractivity contribution in [2.45, 2.75) is 37.0 Å². The Morgan fingerprint density at radius 3 is 2.40 bits per heavy atom. The molecule has 0 fully saturated rings. The zero-order valence-corrected chi connectivity index (χ0v) is 33.3. The van der Waals surface area contributed by atoms with E-state index in [0.29, 0.717) is 31.1 Å². The van der Waals surface area contributed by atoms with Gasteiger partial charge in [0.1, 0.15) is 16.1 Å². The Morgan fingerprint density at radius 2 is 1.68 bits per heavy atom. The second-order valence-corrected chi connectivity index (χ2v) is 16.5. The Hall–Kier alpha value is -5.57. The van der Waals surface area contributed by atoms with Crippen molar-refractivity contribution in [3.05, 3.63) is 153 Å². The molecule has 0 aliphatic carbocycles. The second kappa shape index (κ2) is 16.9. The molecule has 0 bridgehead atoms. The smallest absolute Gasteiger partial charge is 0.304 e. The maximum atomic E-state index is 14.4. The van der Waals surface area contributed by atoms with E-state index in [1.165, 1.54) is 17.7 Å². The number of nitro groups is 1. The van der Waals surface area contributed by atoms with Gasteiger partial charge in [-0.15, -0.1) is 0 Å². The molecule has 14 heteroatoms. The molecule has 1 aliphatic heterocycles. The van der Waals surface area contributed by atoms with Gasteiger partial charge in [-0.25, -0.2) is 13.6 Å². The zero-order valence-electron chi connectivity index (χ0n) is 31.7. The number of primary sulfonamides is 1. The van der Waals surface area contributed by atoms with Gasteiger partial charge in [0.25, 0.3) is 0 Å². The largest absolute Gasteiger partial charge is 0.383 e. The van der Waals surface area contributed by atoms with E-state index in [0.717, 1.165) is 53.0 Å². The van der Waals surface area contributed by atoms with Gasteiger partial charge in [-0.2, -0.15) is 0 Å². The Balaban J connectivity index is 1.18. The number of nitrogens with zero attached hydrogens (tertiary/aromatic N) is 4. The Bertz CT molecular complexity index is 2540. The molecule has 0 saturated heterocycles. The minimum Gasteiger partial charge on any atom is -0.383 e. The Labute approximate surface area is 337 Å². The van der Waals surface area contributed by atoms with Crippen LogP contribution in [0.1, 0.15) is 33.6 Å². The highest BCUT2D eigenvalue weighted by Crippen LogP contribution is 2.37. The minimum atomic E-state index is -4.54. The summed E-state index contributed by atoms with van der Waals surface area (Å²) in [4.78, 5) is 30.3. The van der Waals surface area contributed by atoms with E-state index in [9.17, 15) is 23.3 Å². The molecule has 1 unspecified atom stereocenters. The van der Waals surface area contributed by atoms with Gasteiger partial charge in [-0.05, 0) is 104 Å². The van der Waals surface area contributed by atoms with Gasteiger partial charge in [-0.1, -0.05) is 66.2 Å². The first-order valence-corrected chi connectivity index (χ1v) is 20.6. The van der Waals surface area contributed by atoms with Crippen LogP contribution in [0, 0.1) is 10.1 Å². The van der Waals surface area contributed by atoms with Crippen molar-refractivity contribution in [2.24, 2.45) is 5.14 Å². The highest BCUT2D eigenvalue weighted by atomic mass is 35.5. The lowest BCUT2D eigenvalue weighted by molar-refractivity contribution is -0.384. The van der Waals surface area contributed by atoms with Gasteiger partial charge in [0.2, 0.25) is 15.8 Å². The van der Waals surface area contributed by atoms with Crippen LogP contribution in [-0.2, 0) is 29.7 Å². The molecule has 6 aromatic rings. The summed E-state index contributed by atoms with van der Waals surface area (Å²) in [6.07, 6.45) is 0.590. The fourth-order valence-corrected chi connectivity index (χ4v) is 8.35. The fourth-order valence-electron chi connectivity index (χ4n) is 7.49. The maximum absolute atomic E-state index is 14.4. The molecular weight excluding hydrogens is 762 g/mol. The number of nitrogens with two attached hydrogens (primary N) is 1. The number of hydrogen-bond donors (Lipinski definition) is 3. The number of carbonyl (C=O) groups excluding carboxylic acids is 1. The zero-order chi connectivity index (χ0) is 40.3. The lowest BCUT2D eigenvalue weighted by Crippen LogP contribution is -2.33. The summed E-state index contributed by atoms with van der Waals surface area (Å²) >= 11 is 6.15. The number of para-hydroxylation sites is 1. The van der Waals surface area contributed by atoms with Crippen LogP contribution < -0.4 is 15.8 Å². The SMILES string of the molecule is CN(C)CCC(CNc1ccccc1)Nc1ccc(S(N)(=O)=O)c(C(=O)c2ccc3c(c2)cc2n3CCN(Cc3ccccc3-c3ccc(Cl)cc3)C2)c1[N+](=O)[O-]. The first-order valence-electron chi connectivity index (χ1n) is 18.6. The number of nitro benzene ring substituents is 1. The molecule has 1 aliphatic rings. The first-order chi connectivity index (χ1) is 27.4. The van der Waals surface area contributed by atoms with Crippen molar-refractivity contribution in [2.75, 3.05) is 44.4 Å². The third kappa shape index (κ3) is 9.03. The fraction of sp³-hybridized carbons (Fsp3) is 0.233. The lowest BCUT2D eigenvalue weighted by atomic mass is 9.99. The summed E-state index contributed by atoms with van der Waals surface area (Å²) in [5.41, 5.74) is 5.17. The van der Waals surface area contributed by atoms with Gasteiger partial charge in [-0.3, -0.25) is 19.8 Å². The van der Waals surface area contributed by atoms with Crippen LogP contribution in [0.3, 0.4) is 0 Å². The van der Waals surface area contributed by atoms with E-state index in [-0.39, 0.29) is 17.3 Å². The van der Waals surface area contributed by atoms with Crippen LogP contribution in [-0.4, -0.2) is 73.3 Å². The van der Waals surface area contributed by atoms with Gasteiger partial charge in [0.05, 0.1) is 4.92 Å². The number of halogens is 1. The van der Waals surface area contributed by atoms with Crippen molar-refractivity contribution >= 4 is 55.4 Å². The molecule has 294 valence electrons. The van der Waals surface area contributed by atoms with Gasteiger partial charge in [0, 0.05) is 71.6 Å². The van der Waals surface area contributed by atoms with Crippen molar-refractivity contribution in [3.8, 4) is 11.1 Å². The van der Waals surface area contributed by atoms with Crippen LogP contribution in [0.5, 0.6) is 0 Å². The molecule has 0 amide bonds. The molecule has 7 rings (SSSR count). The topological polar surface area (TPSA) is 156 Å². The number of hydrogen-bond acceptors (Lipinski definition) is 9. The predicted molar refractivity (Wildman–Crippen MR) is 226 cm³/mol. The maximum Gasteiger partial charge on any atom is 0.304 e. The standard InChI is InChI=1S/C43H44ClN7O5S/c1-48(2)21-20-35(26-46-34-9-4-3-5-10-34)47-38-17-19-40(57(45,55)56)41(42(38)51(53)54)43(52)30-14-18-39-32(24-30)25-36-28-49(22-23-50(36)39)27-31-8-6-7-11-37(31)29-12-15-33(44)16-13-29/h3-19,24-25,35,46-47H,20-23,26-28H2,1-2H3,(H2,45,55,56). The Kier molecular flexibility index (Phi) is 11.7. The molecule has 2 heterocycles. The van der Waals surface area contributed by atoms with Crippen LogP contribution in [0.4, 0.5) is 17.1 Å². The average molecular weight is 806 g/mol. The molecular formula is C43H44ClN7O5S. The molecule has 0 saturated carbocycles. The molecule has 57 heavy (non-hydrogen) atoms. The van der Waals surface area contributed by atoms with Gasteiger partial charge < -0.3 is 20.1 Å². The quantitative estimate of drug-likeness (QED) is 0.0540. The van der Waals surface area contributed by atoms with E-state index in [1.807, 2.05) is 97.9 Å². The summed E-state index contributed by atoms with van der Waals surface area (Å²) in [6, 6.07) is 34.9. The van der Waals surface area contributed by atoms with Crippen LogP contribution in [0.15, 0.2) is 120 Å². The summed E-state index contributed by atoms with van der Waals surface area (Å²) < 4.78 is 28.0. The summed E-state index contributed by atoms with van der Waals surface area (Å²) in [5, 5.41) is 26.5. The first kappa shape index (κ1) is 39.7. The molecule has 4 N–H and O–H groups in total. The Morgan fingerprint density at radius 1 is 0.947 bits per heavy atom. The third-order valence-corrected chi connectivity index (χ3v) is 11.5. The van der Waals surface area contributed by atoms with E-state index in [1.54, 1.807) is 12.1 Å². The number of ketones is 1. The number of carbonyl (C=O) groups is 1. The lowest BCUT2D eigenvalue weighted by Gasteiger charge is -2.29.